The molecule has 0 bridgehead atoms. The second-order valence-corrected chi connectivity index (χ2v) is 5.37. The van der Waals surface area contributed by atoms with Crippen molar-refractivity contribution in [3.63, 3.8) is 0 Å². The number of carbonyl (C=O) groups excluding carboxylic acids is 1. The van der Waals surface area contributed by atoms with E-state index in [9.17, 15) is 18.0 Å². The Hall–Kier alpha value is -1.82. The number of hydrogen-bond acceptors (Lipinski definition) is 1. The lowest BCUT2D eigenvalue weighted by Crippen LogP contribution is -2.13. The predicted octanol–water partition coefficient (Wildman–Crippen LogP) is 5.03. The van der Waals surface area contributed by atoms with Crippen LogP contribution in [0.1, 0.15) is 21.5 Å². The van der Waals surface area contributed by atoms with E-state index in [1.54, 1.807) is 6.07 Å². The van der Waals surface area contributed by atoms with Crippen LogP contribution in [0.5, 0.6) is 0 Å². The van der Waals surface area contributed by atoms with Gasteiger partial charge < -0.3 is 5.32 Å². The first-order chi connectivity index (χ1) is 9.77. The van der Waals surface area contributed by atoms with Gasteiger partial charge in [0.15, 0.2) is 0 Å². The third kappa shape index (κ3) is 3.85. The van der Waals surface area contributed by atoms with E-state index in [2.05, 4.69) is 21.2 Å². The Morgan fingerprint density at radius 1 is 1.10 bits per heavy atom. The lowest BCUT2D eigenvalue weighted by Gasteiger charge is -2.10. The van der Waals surface area contributed by atoms with Gasteiger partial charge in [-0.1, -0.05) is 6.07 Å². The summed E-state index contributed by atoms with van der Waals surface area (Å²) < 4.78 is 38.1. The van der Waals surface area contributed by atoms with Gasteiger partial charge in [0.1, 0.15) is 0 Å². The fraction of sp³-hybridized carbons (Fsp3) is 0.133. The van der Waals surface area contributed by atoms with Gasteiger partial charge in [0.25, 0.3) is 5.91 Å². The number of amides is 1. The van der Waals surface area contributed by atoms with Gasteiger partial charge in [0.05, 0.1) is 11.3 Å². The Morgan fingerprint density at radius 3 is 2.24 bits per heavy atom. The second-order valence-electron chi connectivity index (χ2n) is 4.51. The molecule has 110 valence electrons. The summed E-state index contributed by atoms with van der Waals surface area (Å²) in [5.41, 5.74) is 0.964. The molecule has 6 heteroatoms. The van der Waals surface area contributed by atoms with E-state index in [-0.39, 0.29) is 5.56 Å². The monoisotopic (exact) mass is 357 g/mol. The first kappa shape index (κ1) is 15.6. The van der Waals surface area contributed by atoms with E-state index < -0.39 is 17.6 Å². The lowest BCUT2D eigenvalue weighted by atomic mass is 10.1. The standard InChI is InChI=1S/C15H11BrF3NO/c1-9-2-7-13(12(16)8-9)20-14(21)10-3-5-11(6-4-10)15(17,18)19/h2-8H,1H3,(H,20,21). The summed E-state index contributed by atoms with van der Waals surface area (Å²) >= 11 is 3.32. The minimum atomic E-state index is -4.41. The predicted molar refractivity (Wildman–Crippen MR) is 78.3 cm³/mol. The van der Waals surface area contributed by atoms with Gasteiger partial charge in [-0.3, -0.25) is 4.79 Å². The highest BCUT2D eigenvalue weighted by atomic mass is 79.9. The van der Waals surface area contributed by atoms with Gasteiger partial charge in [-0.05, 0) is 64.8 Å². The molecule has 2 rings (SSSR count). The minimum absolute atomic E-state index is 0.162. The molecule has 21 heavy (non-hydrogen) atoms. The van der Waals surface area contributed by atoms with Crippen molar-refractivity contribution in [3.05, 3.63) is 63.6 Å². The molecular formula is C15H11BrF3NO. The molecule has 0 aliphatic heterocycles. The normalized spacial score (nSPS) is 11.3. The largest absolute Gasteiger partial charge is 0.416 e. The fourth-order valence-corrected chi connectivity index (χ4v) is 2.32. The zero-order valence-corrected chi connectivity index (χ0v) is 12.5. The van der Waals surface area contributed by atoms with Crippen LogP contribution in [0.4, 0.5) is 18.9 Å². The quantitative estimate of drug-likeness (QED) is 0.802. The summed E-state index contributed by atoms with van der Waals surface area (Å²) in [7, 11) is 0. The molecule has 0 radical (unpaired) electrons. The first-order valence-corrected chi connectivity index (χ1v) is 6.81. The number of aryl methyl sites for hydroxylation is 1. The van der Waals surface area contributed by atoms with Gasteiger partial charge in [-0.25, -0.2) is 0 Å². The van der Waals surface area contributed by atoms with E-state index in [1.807, 2.05) is 19.1 Å². The van der Waals surface area contributed by atoms with Gasteiger partial charge in [-0.15, -0.1) is 0 Å². The highest BCUT2D eigenvalue weighted by Crippen LogP contribution is 2.29. The molecule has 0 spiro atoms. The number of nitrogens with one attached hydrogen (secondary N) is 1. The Balaban J connectivity index is 2.17. The van der Waals surface area contributed by atoms with Gasteiger partial charge in [0, 0.05) is 10.0 Å². The maximum absolute atomic E-state index is 12.5. The minimum Gasteiger partial charge on any atom is -0.321 e. The van der Waals surface area contributed by atoms with Crippen LogP contribution in [0.3, 0.4) is 0 Å². The van der Waals surface area contributed by atoms with Crippen molar-refractivity contribution in [1.29, 1.82) is 0 Å². The van der Waals surface area contributed by atoms with Gasteiger partial charge in [-0.2, -0.15) is 13.2 Å². The number of halogens is 4. The molecule has 2 aromatic carbocycles. The average molecular weight is 358 g/mol. The molecular weight excluding hydrogens is 347 g/mol. The smallest absolute Gasteiger partial charge is 0.321 e. The number of benzene rings is 2. The maximum Gasteiger partial charge on any atom is 0.416 e. The Kier molecular flexibility index (Phi) is 4.37. The zero-order valence-electron chi connectivity index (χ0n) is 11.0. The summed E-state index contributed by atoms with van der Waals surface area (Å²) in [6, 6.07) is 9.47. The van der Waals surface area contributed by atoms with Crippen molar-refractivity contribution in [2.45, 2.75) is 13.1 Å². The average Bonchev–Trinajstić information content (AvgIpc) is 2.41. The van der Waals surface area contributed by atoms with Crippen molar-refractivity contribution < 1.29 is 18.0 Å². The molecule has 2 nitrogen and oxygen atoms in total. The van der Waals surface area contributed by atoms with Crippen molar-refractivity contribution >= 4 is 27.5 Å². The summed E-state index contributed by atoms with van der Waals surface area (Å²) in [6.45, 7) is 1.91. The Morgan fingerprint density at radius 2 is 1.71 bits per heavy atom. The topological polar surface area (TPSA) is 29.1 Å². The number of carbonyl (C=O) groups is 1. The van der Waals surface area contributed by atoms with Crippen LogP contribution in [0.2, 0.25) is 0 Å². The molecule has 0 aliphatic rings. The van der Waals surface area contributed by atoms with E-state index in [0.717, 1.165) is 29.8 Å². The van der Waals surface area contributed by atoms with Crippen LogP contribution in [0.25, 0.3) is 0 Å². The SMILES string of the molecule is Cc1ccc(NC(=O)c2ccc(C(F)(F)F)cc2)c(Br)c1. The van der Waals surface area contributed by atoms with E-state index in [4.69, 9.17) is 0 Å². The number of rotatable bonds is 2. The molecule has 0 heterocycles. The molecule has 0 atom stereocenters. The summed E-state index contributed by atoms with van der Waals surface area (Å²) in [4.78, 5) is 12.0. The lowest BCUT2D eigenvalue weighted by molar-refractivity contribution is -0.137. The van der Waals surface area contributed by atoms with Crippen LogP contribution in [-0.2, 0) is 6.18 Å². The van der Waals surface area contributed by atoms with E-state index in [1.165, 1.54) is 0 Å². The van der Waals surface area contributed by atoms with Crippen molar-refractivity contribution in [3.8, 4) is 0 Å². The van der Waals surface area contributed by atoms with Crippen LogP contribution in [0, 0.1) is 6.92 Å². The van der Waals surface area contributed by atoms with E-state index >= 15 is 0 Å². The van der Waals surface area contributed by atoms with Gasteiger partial charge >= 0.3 is 6.18 Å². The molecule has 1 N–H and O–H groups in total. The number of alkyl halides is 3. The second kappa shape index (κ2) is 5.89. The van der Waals surface area contributed by atoms with Crippen LogP contribution in [-0.4, -0.2) is 5.91 Å². The highest BCUT2D eigenvalue weighted by Gasteiger charge is 2.30. The van der Waals surface area contributed by atoms with E-state index in [0.29, 0.717) is 10.2 Å². The third-order valence-electron chi connectivity index (χ3n) is 2.85. The third-order valence-corrected chi connectivity index (χ3v) is 3.50. The molecule has 0 saturated heterocycles. The maximum atomic E-state index is 12.5. The first-order valence-electron chi connectivity index (χ1n) is 6.02. The highest BCUT2D eigenvalue weighted by molar-refractivity contribution is 9.10. The van der Waals surface area contributed by atoms with Crippen LogP contribution < -0.4 is 5.32 Å². The molecule has 2 aromatic rings. The van der Waals surface area contributed by atoms with Crippen LogP contribution in [0.15, 0.2) is 46.9 Å². The summed E-state index contributed by atoms with van der Waals surface area (Å²) in [5.74, 6) is -0.465. The fourth-order valence-electron chi connectivity index (χ4n) is 1.73. The van der Waals surface area contributed by atoms with Gasteiger partial charge in [0.2, 0.25) is 0 Å². The molecule has 1 amide bonds. The van der Waals surface area contributed by atoms with Crippen LogP contribution >= 0.6 is 15.9 Å². The molecule has 0 saturated carbocycles. The summed E-state index contributed by atoms with van der Waals surface area (Å²) in [6.07, 6.45) is -4.41. The molecule has 0 aliphatic carbocycles. The Labute approximate surface area is 128 Å². The number of hydrogen-bond donors (Lipinski definition) is 1. The van der Waals surface area contributed by atoms with Crippen molar-refractivity contribution in [2.75, 3.05) is 5.32 Å². The zero-order chi connectivity index (χ0) is 15.6. The number of anilines is 1. The molecule has 0 fully saturated rings. The van der Waals surface area contributed by atoms with Crippen molar-refractivity contribution in [2.24, 2.45) is 0 Å². The molecule has 0 aromatic heterocycles. The van der Waals surface area contributed by atoms with Crippen molar-refractivity contribution in [1.82, 2.24) is 0 Å². The summed E-state index contributed by atoms with van der Waals surface area (Å²) in [5, 5.41) is 2.64. The molecule has 0 unspecified atom stereocenters. The Bertz CT molecular complexity index is 666.